The minimum Gasteiger partial charge on any atom is -0.324 e. The van der Waals surface area contributed by atoms with Crippen LogP contribution in [-0.4, -0.2) is 9.78 Å². The first kappa shape index (κ1) is 14.9. The zero-order valence-corrected chi connectivity index (χ0v) is 13.7. The summed E-state index contributed by atoms with van der Waals surface area (Å²) in [5, 5.41) is 5.65. The van der Waals surface area contributed by atoms with Gasteiger partial charge in [0, 0.05) is 24.0 Å². The highest BCUT2D eigenvalue weighted by Gasteiger charge is 2.16. The van der Waals surface area contributed by atoms with E-state index in [2.05, 4.69) is 21.0 Å². The molecule has 0 saturated heterocycles. The van der Waals surface area contributed by atoms with E-state index < -0.39 is 0 Å². The van der Waals surface area contributed by atoms with Crippen molar-refractivity contribution in [3.8, 4) is 0 Å². The highest BCUT2D eigenvalue weighted by molar-refractivity contribution is 9.10. The number of nitrogens with two attached hydrogens (primary N) is 1. The van der Waals surface area contributed by atoms with Gasteiger partial charge in [-0.3, -0.25) is 4.68 Å². The zero-order chi connectivity index (χ0) is 14.2. The number of nitrogens with zero attached hydrogens (tertiary/aromatic N) is 2. The Morgan fingerprint density at radius 1 is 1.42 bits per heavy atom. The maximum Gasteiger partial charge on any atom is 0.0847 e. The zero-order valence-electron chi connectivity index (χ0n) is 10.6. The van der Waals surface area contributed by atoms with E-state index in [4.69, 9.17) is 28.9 Å². The number of aromatic nitrogens is 2. The Kier molecular flexibility index (Phi) is 4.56. The molecule has 0 aliphatic heterocycles. The molecule has 0 aliphatic carbocycles. The van der Waals surface area contributed by atoms with Gasteiger partial charge >= 0.3 is 0 Å². The number of benzene rings is 1. The molecule has 0 aliphatic rings. The van der Waals surface area contributed by atoms with Gasteiger partial charge in [0.1, 0.15) is 0 Å². The van der Waals surface area contributed by atoms with E-state index >= 15 is 0 Å². The summed E-state index contributed by atoms with van der Waals surface area (Å²) in [6, 6.07) is 5.54. The van der Waals surface area contributed by atoms with Crippen LogP contribution in [0.4, 0.5) is 0 Å². The van der Waals surface area contributed by atoms with Crippen molar-refractivity contribution >= 4 is 39.1 Å². The third-order valence-corrected chi connectivity index (χ3v) is 4.75. The SMILES string of the molecule is Cc1nn(C)c(CC(N)c2ccc(Cl)c(Br)c2)c1Cl. The van der Waals surface area contributed by atoms with Gasteiger partial charge in [-0.25, -0.2) is 0 Å². The first-order valence-electron chi connectivity index (χ1n) is 5.78. The summed E-state index contributed by atoms with van der Waals surface area (Å²) >= 11 is 15.6. The molecule has 2 rings (SSSR count). The molecule has 2 aromatic rings. The van der Waals surface area contributed by atoms with Gasteiger partial charge in [-0.15, -0.1) is 0 Å². The minimum absolute atomic E-state index is 0.152. The molecule has 1 atom stereocenters. The third-order valence-electron chi connectivity index (χ3n) is 3.05. The Labute approximate surface area is 130 Å². The van der Waals surface area contributed by atoms with E-state index in [1.165, 1.54) is 0 Å². The van der Waals surface area contributed by atoms with Crippen molar-refractivity contribution in [1.29, 1.82) is 0 Å². The Morgan fingerprint density at radius 2 is 2.11 bits per heavy atom. The molecule has 1 aromatic carbocycles. The number of rotatable bonds is 3. The average molecular weight is 363 g/mol. The lowest BCUT2D eigenvalue weighted by Crippen LogP contribution is -2.15. The van der Waals surface area contributed by atoms with E-state index in [-0.39, 0.29) is 6.04 Å². The second-order valence-corrected chi connectivity index (χ2v) is 6.09. The molecule has 2 N–H and O–H groups in total. The lowest BCUT2D eigenvalue weighted by molar-refractivity contribution is 0.639. The van der Waals surface area contributed by atoms with Gasteiger partial charge in [0.2, 0.25) is 0 Å². The van der Waals surface area contributed by atoms with Crippen molar-refractivity contribution in [2.75, 3.05) is 0 Å². The van der Waals surface area contributed by atoms with Crippen LogP contribution in [0.5, 0.6) is 0 Å². The summed E-state index contributed by atoms with van der Waals surface area (Å²) in [5.41, 5.74) is 9.00. The normalized spacial score (nSPS) is 12.7. The minimum atomic E-state index is -0.152. The van der Waals surface area contributed by atoms with Crippen molar-refractivity contribution in [3.05, 3.63) is 49.7 Å². The van der Waals surface area contributed by atoms with Crippen LogP contribution in [0.3, 0.4) is 0 Å². The average Bonchev–Trinajstić information content (AvgIpc) is 2.59. The van der Waals surface area contributed by atoms with Crippen LogP contribution in [0, 0.1) is 6.92 Å². The van der Waals surface area contributed by atoms with Crippen LogP contribution < -0.4 is 5.73 Å². The second-order valence-electron chi connectivity index (χ2n) is 4.45. The molecule has 19 heavy (non-hydrogen) atoms. The van der Waals surface area contributed by atoms with E-state index in [0.29, 0.717) is 16.5 Å². The molecule has 0 amide bonds. The molecule has 102 valence electrons. The van der Waals surface area contributed by atoms with Gasteiger partial charge in [-0.1, -0.05) is 29.3 Å². The summed E-state index contributed by atoms with van der Waals surface area (Å²) in [6.07, 6.45) is 0.629. The lowest BCUT2D eigenvalue weighted by Gasteiger charge is -2.13. The quantitative estimate of drug-likeness (QED) is 0.895. The summed E-state index contributed by atoms with van der Waals surface area (Å²) < 4.78 is 2.62. The van der Waals surface area contributed by atoms with E-state index in [1.54, 1.807) is 4.68 Å². The summed E-state index contributed by atoms with van der Waals surface area (Å²) in [4.78, 5) is 0. The smallest absolute Gasteiger partial charge is 0.0847 e. The van der Waals surface area contributed by atoms with Crippen molar-refractivity contribution in [3.63, 3.8) is 0 Å². The van der Waals surface area contributed by atoms with Crippen LogP contribution in [-0.2, 0) is 13.5 Å². The lowest BCUT2D eigenvalue weighted by atomic mass is 10.0. The Bertz CT molecular complexity index is 610. The molecular weight excluding hydrogens is 349 g/mol. The van der Waals surface area contributed by atoms with Gasteiger partial charge < -0.3 is 5.73 Å². The molecular formula is C13H14BrCl2N3. The Hall–Kier alpha value is -0.550. The topological polar surface area (TPSA) is 43.8 Å². The maximum absolute atomic E-state index is 6.23. The van der Waals surface area contributed by atoms with Crippen LogP contribution in [0.2, 0.25) is 10.0 Å². The predicted molar refractivity (Wildman–Crippen MR) is 82.7 cm³/mol. The molecule has 1 heterocycles. The highest BCUT2D eigenvalue weighted by Crippen LogP contribution is 2.28. The monoisotopic (exact) mass is 361 g/mol. The van der Waals surface area contributed by atoms with Crippen LogP contribution in [0.1, 0.15) is 23.0 Å². The number of aryl methyl sites for hydroxylation is 2. The summed E-state index contributed by atoms with van der Waals surface area (Å²) in [7, 11) is 1.87. The fourth-order valence-electron chi connectivity index (χ4n) is 1.97. The largest absolute Gasteiger partial charge is 0.324 e. The first-order chi connectivity index (χ1) is 8.90. The molecule has 0 bridgehead atoms. The number of hydrogen-bond donors (Lipinski definition) is 1. The summed E-state index contributed by atoms with van der Waals surface area (Å²) in [6.45, 7) is 1.89. The van der Waals surface area contributed by atoms with Crippen molar-refractivity contribution in [2.24, 2.45) is 12.8 Å². The van der Waals surface area contributed by atoms with Crippen molar-refractivity contribution in [1.82, 2.24) is 9.78 Å². The Morgan fingerprint density at radius 3 is 2.63 bits per heavy atom. The fraction of sp³-hybridized carbons (Fsp3) is 0.308. The molecule has 0 saturated carbocycles. The third kappa shape index (κ3) is 3.14. The van der Waals surface area contributed by atoms with E-state index in [9.17, 15) is 0 Å². The Balaban J connectivity index is 2.25. The van der Waals surface area contributed by atoms with Crippen LogP contribution >= 0.6 is 39.1 Å². The maximum atomic E-state index is 6.23. The molecule has 3 nitrogen and oxygen atoms in total. The molecule has 0 spiro atoms. The van der Waals surface area contributed by atoms with Gasteiger partial charge in [0.15, 0.2) is 0 Å². The molecule has 1 aromatic heterocycles. The van der Waals surface area contributed by atoms with Crippen molar-refractivity contribution < 1.29 is 0 Å². The summed E-state index contributed by atoms with van der Waals surface area (Å²) in [5.74, 6) is 0. The van der Waals surface area contributed by atoms with E-state index in [1.807, 2.05) is 32.2 Å². The molecule has 1 unspecified atom stereocenters. The number of halogens is 3. The standard InChI is InChI=1S/C13H14BrCl2N3/c1-7-13(16)12(19(2)18-7)6-11(17)8-3-4-10(15)9(14)5-8/h3-5,11H,6,17H2,1-2H3. The first-order valence-corrected chi connectivity index (χ1v) is 7.33. The van der Waals surface area contributed by atoms with Gasteiger partial charge in [-0.05, 0) is 40.5 Å². The van der Waals surface area contributed by atoms with Crippen LogP contribution in [0.15, 0.2) is 22.7 Å². The molecule has 6 heteroatoms. The van der Waals surface area contributed by atoms with E-state index in [0.717, 1.165) is 21.4 Å². The second kappa shape index (κ2) is 5.83. The van der Waals surface area contributed by atoms with Gasteiger partial charge in [0.25, 0.3) is 0 Å². The van der Waals surface area contributed by atoms with Crippen molar-refractivity contribution in [2.45, 2.75) is 19.4 Å². The van der Waals surface area contributed by atoms with Gasteiger partial charge in [-0.2, -0.15) is 5.10 Å². The molecule has 0 fully saturated rings. The predicted octanol–water partition coefficient (Wildman–Crippen LogP) is 4.04. The van der Waals surface area contributed by atoms with Gasteiger partial charge in [0.05, 0.1) is 21.4 Å². The fourth-order valence-corrected chi connectivity index (χ4v) is 2.72. The highest BCUT2D eigenvalue weighted by atomic mass is 79.9. The molecule has 0 radical (unpaired) electrons. The van der Waals surface area contributed by atoms with Crippen LogP contribution in [0.25, 0.3) is 0 Å². The number of hydrogen-bond acceptors (Lipinski definition) is 2.